The van der Waals surface area contributed by atoms with Crippen molar-refractivity contribution in [1.29, 1.82) is 0 Å². The molecule has 1 N–H and O–H groups in total. The Morgan fingerprint density at radius 1 is 1.19 bits per heavy atom. The van der Waals surface area contributed by atoms with Crippen LogP contribution in [0.25, 0.3) is 16.9 Å². The Balaban J connectivity index is 1.97. The molecule has 3 heterocycles. The molecule has 6 heteroatoms. The lowest BCUT2D eigenvalue weighted by molar-refractivity contribution is 0.0690. The molecule has 0 spiro atoms. The first-order chi connectivity index (χ1) is 10.2. The molecule has 6 nitrogen and oxygen atoms in total. The SMILES string of the molecule is O=C(O)c1c(-c2ccc3c(c2)OCO3)nc2ccccn12. The van der Waals surface area contributed by atoms with Gasteiger partial charge < -0.3 is 14.6 Å². The second-order valence-electron chi connectivity index (χ2n) is 4.61. The minimum Gasteiger partial charge on any atom is -0.476 e. The molecule has 0 amide bonds. The normalized spacial score (nSPS) is 12.8. The van der Waals surface area contributed by atoms with E-state index in [0.717, 1.165) is 0 Å². The number of hydrogen-bond acceptors (Lipinski definition) is 4. The van der Waals surface area contributed by atoms with Crippen molar-refractivity contribution in [3.63, 3.8) is 0 Å². The number of carboxylic acids is 1. The number of pyridine rings is 1. The van der Waals surface area contributed by atoms with Crippen molar-refractivity contribution in [2.24, 2.45) is 0 Å². The number of rotatable bonds is 2. The summed E-state index contributed by atoms with van der Waals surface area (Å²) in [5.74, 6) is 0.224. The van der Waals surface area contributed by atoms with E-state index < -0.39 is 5.97 Å². The van der Waals surface area contributed by atoms with Crippen LogP contribution in [0.2, 0.25) is 0 Å². The molecule has 0 saturated heterocycles. The summed E-state index contributed by atoms with van der Waals surface area (Å²) in [6.45, 7) is 0.176. The van der Waals surface area contributed by atoms with E-state index in [0.29, 0.717) is 28.4 Å². The van der Waals surface area contributed by atoms with E-state index in [1.165, 1.54) is 0 Å². The molecule has 1 aliphatic rings. The van der Waals surface area contributed by atoms with Crippen molar-refractivity contribution in [3.8, 4) is 22.8 Å². The lowest BCUT2D eigenvalue weighted by atomic mass is 10.1. The standard InChI is InChI=1S/C15H10N2O4/c18-15(19)14-13(16-12-3-1-2-6-17(12)14)9-4-5-10-11(7-9)21-8-20-10/h1-7H,8H2,(H,18,19). The molecule has 21 heavy (non-hydrogen) atoms. The number of benzene rings is 1. The highest BCUT2D eigenvalue weighted by atomic mass is 16.7. The molecule has 0 aliphatic carbocycles. The molecule has 0 radical (unpaired) electrons. The molecule has 3 aromatic rings. The lowest BCUT2D eigenvalue weighted by Gasteiger charge is -2.02. The molecule has 0 atom stereocenters. The number of ether oxygens (including phenoxy) is 2. The largest absolute Gasteiger partial charge is 0.476 e. The summed E-state index contributed by atoms with van der Waals surface area (Å²) >= 11 is 0. The van der Waals surface area contributed by atoms with E-state index in [1.807, 2.05) is 6.07 Å². The molecular formula is C15H10N2O4. The maximum Gasteiger partial charge on any atom is 0.355 e. The zero-order chi connectivity index (χ0) is 14.4. The van der Waals surface area contributed by atoms with Gasteiger partial charge in [-0.2, -0.15) is 0 Å². The second kappa shape index (κ2) is 4.24. The average molecular weight is 282 g/mol. The van der Waals surface area contributed by atoms with Crippen LogP contribution in [0.4, 0.5) is 0 Å². The van der Waals surface area contributed by atoms with Crippen molar-refractivity contribution in [2.45, 2.75) is 0 Å². The number of aromatic nitrogens is 2. The number of carboxylic acid groups (broad SMARTS) is 1. The monoisotopic (exact) mass is 282 g/mol. The van der Waals surface area contributed by atoms with E-state index in [2.05, 4.69) is 4.98 Å². The van der Waals surface area contributed by atoms with Gasteiger partial charge in [-0.25, -0.2) is 9.78 Å². The van der Waals surface area contributed by atoms with Crippen LogP contribution in [0.3, 0.4) is 0 Å². The van der Waals surface area contributed by atoms with Gasteiger partial charge in [0.15, 0.2) is 17.2 Å². The fraction of sp³-hybridized carbons (Fsp3) is 0.0667. The third-order valence-electron chi connectivity index (χ3n) is 3.38. The molecular weight excluding hydrogens is 272 g/mol. The molecule has 0 unspecified atom stereocenters. The minimum atomic E-state index is -1.03. The highest BCUT2D eigenvalue weighted by Crippen LogP contribution is 2.36. The fourth-order valence-corrected chi connectivity index (χ4v) is 2.45. The van der Waals surface area contributed by atoms with Crippen LogP contribution in [0, 0.1) is 0 Å². The van der Waals surface area contributed by atoms with Crippen LogP contribution in [0.1, 0.15) is 10.5 Å². The van der Waals surface area contributed by atoms with Crippen molar-refractivity contribution in [1.82, 2.24) is 9.38 Å². The van der Waals surface area contributed by atoms with Gasteiger partial charge in [0.2, 0.25) is 6.79 Å². The Morgan fingerprint density at radius 2 is 2.05 bits per heavy atom. The van der Waals surface area contributed by atoms with Gasteiger partial charge in [0, 0.05) is 11.8 Å². The number of fused-ring (bicyclic) bond motifs is 2. The van der Waals surface area contributed by atoms with Crippen molar-refractivity contribution in [3.05, 3.63) is 48.3 Å². The third kappa shape index (κ3) is 1.73. The van der Waals surface area contributed by atoms with Crippen LogP contribution < -0.4 is 9.47 Å². The maximum atomic E-state index is 11.6. The summed E-state index contributed by atoms with van der Waals surface area (Å²) in [6, 6.07) is 10.6. The minimum absolute atomic E-state index is 0.129. The summed E-state index contributed by atoms with van der Waals surface area (Å²) in [6.07, 6.45) is 1.68. The average Bonchev–Trinajstić information content (AvgIpc) is 3.10. The van der Waals surface area contributed by atoms with E-state index in [9.17, 15) is 9.90 Å². The quantitative estimate of drug-likeness (QED) is 0.781. The van der Waals surface area contributed by atoms with E-state index in [1.54, 1.807) is 40.9 Å². The van der Waals surface area contributed by atoms with Gasteiger partial charge in [0.25, 0.3) is 0 Å². The van der Waals surface area contributed by atoms with E-state index >= 15 is 0 Å². The topological polar surface area (TPSA) is 73.1 Å². The van der Waals surface area contributed by atoms with E-state index in [-0.39, 0.29) is 12.5 Å². The van der Waals surface area contributed by atoms with Crippen LogP contribution in [0.15, 0.2) is 42.6 Å². The van der Waals surface area contributed by atoms with Crippen molar-refractivity contribution in [2.75, 3.05) is 6.79 Å². The smallest absolute Gasteiger partial charge is 0.355 e. The second-order valence-corrected chi connectivity index (χ2v) is 4.61. The van der Waals surface area contributed by atoms with Gasteiger partial charge >= 0.3 is 5.97 Å². The number of aromatic carboxylic acids is 1. The van der Waals surface area contributed by atoms with Crippen molar-refractivity contribution >= 4 is 11.6 Å². The number of hydrogen-bond donors (Lipinski definition) is 1. The molecule has 0 bridgehead atoms. The van der Waals surface area contributed by atoms with Gasteiger partial charge in [0.05, 0.1) is 0 Å². The molecule has 1 aliphatic heterocycles. The van der Waals surface area contributed by atoms with Gasteiger partial charge in [0.1, 0.15) is 11.3 Å². The van der Waals surface area contributed by atoms with Crippen LogP contribution in [-0.2, 0) is 0 Å². The maximum absolute atomic E-state index is 11.6. The Morgan fingerprint density at radius 3 is 2.90 bits per heavy atom. The van der Waals surface area contributed by atoms with Crippen molar-refractivity contribution < 1.29 is 19.4 Å². The van der Waals surface area contributed by atoms with E-state index in [4.69, 9.17) is 9.47 Å². The summed E-state index contributed by atoms with van der Waals surface area (Å²) in [4.78, 5) is 16.0. The molecule has 104 valence electrons. The summed E-state index contributed by atoms with van der Waals surface area (Å²) in [5, 5.41) is 9.49. The summed E-state index contributed by atoms with van der Waals surface area (Å²) < 4.78 is 12.2. The van der Waals surface area contributed by atoms with Crippen LogP contribution in [-0.4, -0.2) is 27.3 Å². The predicted molar refractivity (Wildman–Crippen MR) is 73.7 cm³/mol. The number of carbonyl (C=O) groups is 1. The Hall–Kier alpha value is -3.02. The van der Waals surface area contributed by atoms with Gasteiger partial charge in [-0.1, -0.05) is 6.07 Å². The molecule has 0 fully saturated rings. The zero-order valence-electron chi connectivity index (χ0n) is 10.8. The Kier molecular flexibility index (Phi) is 2.38. The highest BCUT2D eigenvalue weighted by molar-refractivity contribution is 5.95. The summed E-state index contributed by atoms with van der Waals surface area (Å²) in [7, 11) is 0. The van der Waals surface area contributed by atoms with Crippen LogP contribution in [0.5, 0.6) is 11.5 Å². The van der Waals surface area contributed by atoms with Gasteiger partial charge in [-0.05, 0) is 30.3 Å². The van der Waals surface area contributed by atoms with Crippen LogP contribution >= 0.6 is 0 Å². The molecule has 0 saturated carbocycles. The third-order valence-corrected chi connectivity index (χ3v) is 3.38. The first kappa shape index (κ1) is 11.8. The highest BCUT2D eigenvalue weighted by Gasteiger charge is 2.22. The molecule has 1 aromatic carbocycles. The molecule has 4 rings (SSSR count). The van der Waals surface area contributed by atoms with Gasteiger partial charge in [-0.3, -0.25) is 4.40 Å². The summed E-state index contributed by atoms with van der Waals surface area (Å²) in [5.41, 5.74) is 1.80. The lowest BCUT2D eigenvalue weighted by Crippen LogP contribution is -2.03. The first-order valence-electron chi connectivity index (χ1n) is 6.34. The first-order valence-corrected chi connectivity index (χ1v) is 6.34. The number of nitrogens with zero attached hydrogens (tertiary/aromatic N) is 2. The predicted octanol–water partition coefficient (Wildman–Crippen LogP) is 2.43. The Labute approximate surface area is 119 Å². The zero-order valence-corrected chi connectivity index (χ0v) is 10.8. The fourth-order valence-electron chi connectivity index (χ4n) is 2.45. The Bertz CT molecular complexity index is 869. The molecule has 2 aromatic heterocycles. The van der Waals surface area contributed by atoms with Gasteiger partial charge in [-0.15, -0.1) is 0 Å². The number of imidazole rings is 1.